The van der Waals surface area contributed by atoms with E-state index in [1.807, 2.05) is 0 Å². The van der Waals surface area contributed by atoms with Gasteiger partial charge in [-0.05, 0) is 26.7 Å². The monoisotopic (exact) mass is 198 g/mol. The predicted octanol–water partition coefficient (Wildman–Crippen LogP) is 0.848. The zero-order valence-corrected chi connectivity index (χ0v) is 9.33. The third kappa shape index (κ3) is 2.47. The van der Waals surface area contributed by atoms with Crippen molar-refractivity contribution < 1.29 is 4.74 Å². The Labute approximate surface area is 86.8 Å². The molecule has 2 rings (SSSR count). The van der Waals surface area contributed by atoms with E-state index in [1.54, 1.807) is 0 Å². The molecule has 82 valence electrons. The molecule has 3 heteroatoms. The van der Waals surface area contributed by atoms with Gasteiger partial charge in [-0.25, -0.2) is 0 Å². The van der Waals surface area contributed by atoms with Crippen LogP contribution in [0.15, 0.2) is 0 Å². The highest BCUT2D eigenvalue weighted by atomic mass is 16.5. The van der Waals surface area contributed by atoms with Crippen LogP contribution in [0.1, 0.15) is 26.7 Å². The highest BCUT2D eigenvalue weighted by Gasteiger charge is 2.27. The minimum Gasteiger partial charge on any atom is -0.377 e. The Bertz CT molecular complexity index is 178. The van der Waals surface area contributed by atoms with E-state index in [4.69, 9.17) is 4.74 Å². The van der Waals surface area contributed by atoms with Crippen LogP contribution in [-0.2, 0) is 4.74 Å². The van der Waals surface area contributed by atoms with Gasteiger partial charge in [0, 0.05) is 31.7 Å². The summed E-state index contributed by atoms with van der Waals surface area (Å²) in [5, 5.41) is 3.48. The Balaban J connectivity index is 1.82. The number of piperazine rings is 1. The molecular weight excluding hydrogens is 176 g/mol. The molecule has 14 heavy (non-hydrogen) atoms. The van der Waals surface area contributed by atoms with Gasteiger partial charge in [0.05, 0.1) is 12.7 Å². The van der Waals surface area contributed by atoms with Crippen molar-refractivity contribution in [3.63, 3.8) is 0 Å². The van der Waals surface area contributed by atoms with Gasteiger partial charge in [-0.3, -0.25) is 4.90 Å². The third-order valence-corrected chi connectivity index (χ3v) is 3.40. The number of rotatable bonds is 1. The molecule has 0 radical (unpaired) electrons. The van der Waals surface area contributed by atoms with Crippen molar-refractivity contribution in [2.45, 2.75) is 44.9 Å². The molecule has 2 aliphatic rings. The van der Waals surface area contributed by atoms with E-state index in [-0.39, 0.29) is 0 Å². The van der Waals surface area contributed by atoms with Gasteiger partial charge >= 0.3 is 0 Å². The Morgan fingerprint density at radius 1 is 1.29 bits per heavy atom. The molecule has 3 nitrogen and oxygen atoms in total. The molecule has 3 atom stereocenters. The Morgan fingerprint density at radius 2 is 2.14 bits per heavy atom. The third-order valence-electron chi connectivity index (χ3n) is 3.40. The molecule has 2 heterocycles. The lowest BCUT2D eigenvalue weighted by Gasteiger charge is -2.40. The molecule has 1 N–H and O–H groups in total. The summed E-state index contributed by atoms with van der Waals surface area (Å²) in [5.74, 6) is 0. The van der Waals surface area contributed by atoms with E-state index < -0.39 is 0 Å². The summed E-state index contributed by atoms with van der Waals surface area (Å²) in [6.45, 7) is 8.88. The van der Waals surface area contributed by atoms with Crippen molar-refractivity contribution >= 4 is 0 Å². The Hall–Kier alpha value is -0.120. The molecule has 0 aliphatic carbocycles. The minimum atomic E-state index is 0.478. The SMILES string of the molecule is CC1CN(C2CCC(C)OC2)CCN1. The maximum atomic E-state index is 5.72. The first-order valence-corrected chi connectivity index (χ1v) is 5.84. The summed E-state index contributed by atoms with van der Waals surface area (Å²) in [6.07, 6.45) is 3.02. The first kappa shape index (κ1) is 10.4. The molecule has 0 aromatic rings. The number of nitrogens with zero attached hydrogens (tertiary/aromatic N) is 1. The smallest absolute Gasteiger partial charge is 0.0625 e. The largest absolute Gasteiger partial charge is 0.377 e. The molecule has 3 unspecified atom stereocenters. The molecule has 2 saturated heterocycles. The fourth-order valence-electron chi connectivity index (χ4n) is 2.45. The van der Waals surface area contributed by atoms with Gasteiger partial charge in [0.2, 0.25) is 0 Å². The average Bonchev–Trinajstić information content (AvgIpc) is 2.19. The average molecular weight is 198 g/mol. The molecule has 0 saturated carbocycles. The quantitative estimate of drug-likeness (QED) is 0.676. The first-order chi connectivity index (χ1) is 6.75. The number of nitrogens with one attached hydrogen (secondary N) is 1. The van der Waals surface area contributed by atoms with E-state index in [9.17, 15) is 0 Å². The summed E-state index contributed by atoms with van der Waals surface area (Å²) in [5.41, 5.74) is 0. The van der Waals surface area contributed by atoms with E-state index in [1.165, 1.54) is 25.9 Å². The normalized spacial score (nSPS) is 41.1. The summed E-state index contributed by atoms with van der Waals surface area (Å²) < 4.78 is 5.72. The number of ether oxygens (including phenoxy) is 1. The van der Waals surface area contributed by atoms with Gasteiger partial charge in [0.25, 0.3) is 0 Å². The van der Waals surface area contributed by atoms with Crippen molar-refractivity contribution in [3.05, 3.63) is 0 Å². The molecule has 0 bridgehead atoms. The van der Waals surface area contributed by atoms with Crippen molar-refractivity contribution in [3.8, 4) is 0 Å². The van der Waals surface area contributed by atoms with Gasteiger partial charge in [-0.15, -0.1) is 0 Å². The lowest BCUT2D eigenvalue weighted by atomic mass is 10.0. The zero-order valence-electron chi connectivity index (χ0n) is 9.33. The second-order valence-corrected chi connectivity index (χ2v) is 4.73. The van der Waals surface area contributed by atoms with E-state index in [0.717, 1.165) is 13.2 Å². The second-order valence-electron chi connectivity index (χ2n) is 4.73. The van der Waals surface area contributed by atoms with Crippen molar-refractivity contribution in [1.82, 2.24) is 10.2 Å². The van der Waals surface area contributed by atoms with Crippen LogP contribution in [0.4, 0.5) is 0 Å². The number of hydrogen-bond acceptors (Lipinski definition) is 3. The molecule has 0 spiro atoms. The molecule has 2 aliphatic heterocycles. The van der Waals surface area contributed by atoms with Crippen LogP contribution >= 0.6 is 0 Å². The van der Waals surface area contributed by atoms with Gasteiger partial charge in [-0.1, -0.05) is 0 Å². The fraction of sp³-hybridized carbons (Fsp3) is 1.00. The summed E-state index contributed by atoms with van der Waals surface area (Å²) >= 11 is 0. The topological polar surface area (TPSA) is 24.5 Å². The van der Waals surface area contributed by atoms with Gasteiger partial charge in [0.1, 0.15) is 0 Å². The van der Waals surface area contributed by atoms with Crippen LogP contribution < -0.4 is 5.32 Å². The fourth-order valence-corrected chi connectivity index (χ4v) is 2.45. The van der Waals surface area contributed by atoms with Gasteiger partial charge in [0.15, 0.2) is 0 Å². The Morgan fingerprint density at radius 3 is 2.79 bits per heavy atom. The molecule has 0 amide bonds. The van der Waals surface area contributed by atoms with Crippen molar-refractivity contribution in [2.24, 2.45) is 0 Å². The van der Waals surface area contributed by atoms with Gasteiger partial charge in [-0.2, -0.15) is 0 Å². The summed E-state index contributed by atoms with van der Waals surface area (Å²) in [7, 11) is 0. The van der Waals surface area contributed by atoms with E-state index >= 15 is 0 Å². The van der Waals surface area contributed by atoms with E-state index in [0.29, 0.717) is 18.2 Å². The maximum absolute atomic E-state index is 5.72. The predicted molar refractivity (Wildman–Crippen MR) is 57.5 cm³/mol. The Kier molecular flexibility index (Phi) is 3.42. The maximum Gasteiger partial charge on any atom is 0.0625 e. The van der Waals surface area contributed by atoms with Crippen molar-refractivity contribution in [2.75, 3.05) is 26.2 Å². The van der Waals surface area contributed by atoms with Crippen molar-refractivity contribution in [1.29, 1.82) is 0 Å². The van der Waals surface area contributed by atoms with Crippen LogP contribution in [0.25, 0.3) is 0 Å². The van der Waals surface area contributed by atoms with E-state index in [2.05, 4.69) is 24.1 Å². The standard InChI is InChI=1S/C11H22N2O/c1-9-7-13(6-5-12-9)11-4-3-10(2)14-8-11/h9-12H,3-8H2,1-2H3. The lowest BCUT2D eigenvalue weighted by Crippen LogP contribution is -2.55. The van der Waals surface area contributed by atoms with Crippen LogP contribution in [0, 0.1) is 0 Å². The summed E-state index contributed by atoms with van der Waals surface area (Å²) in [6, 6.07) is 1.32. The van der Waals surface area contributed by atoms with Gasteiger partial charge < -0.3 is 10.1 Å². The van der Waals surface area contributed by atoms with Crippen LogP contribution in [-0.4, -0.2) is 49.3 Å². The highest BCUT2D eigenvalue weighted by molar-refractivity contribution is 4.83. The zero-order chi connectivity index (χ0) is 9.97. The molecular formula is C11H22N2O. The van der Waals surface area contributed by atoms with Crippen LogP contribution in [0.3, 0.4) is 0 Å². The lowest BCUT2D eigenvalue weighted by molar-refractivity contribution is -0.0335. The number of hydrogen-bond donors (Lipinski definition) is 1. The highest BCUT2D eigenvalue weighted by Crippen LogP contribution is 2.18. The first-order valence-electron chi connectivity index (χ1n) is 5.84. The molecule has 0 aromatic carbocycles. The van der Waals surface area contributed by atoms with Crippen LogP contribution in [0.2, 0.25) is 0 Å². The summed E-state index contributed by atoms with van der Waals surface area (Å²) in [4.78, 5) is 2.59. The molecule has 0 aromatic heterocycles. The second kappa shape index (κ2) is 4.60. The molecule has 2 fully saturated rings. The minimum absolute atomic E-state index is 0.478. The van der Waals surface area contributed by atoms with Crippen LogP contribution in [0.5, 0.6) is 0 Å².